The van der Waals surface area contributed by atoms with Gasteiger partial charge in [-0.1, -0.05) is 36.4 Å². The average Bonchev–Trinajstić information content (AvgIpc) is 2.30. The summed E-state index contributed by atoms with van der Waals surface area (Å²) in [6.45, 7) is 8.58. The predicted molar refractivity (Wildman–Crippen MR) is 59.8 cm³/mol. The fourth-order valence-electron chi connectivity index (χ4n) is 0.983. The van der Waals surface area contributed by atoms with Gasteiger partial charge in [-0.25, -0.2) is 0 Å². The van der Waals surface area contributed by atoms with Gasteiger partial charge >= 0.3 is 0 Å². The van der Waals surface area contributed by atoms with E-state index in [1.165, 1.54) is 0 Å². The summed E-state index contributed by atoms with van der Waals surface area (Å²) < 4.78 is 5.80. The van der Waals surface area contributed by atoms with Crippen LogP contribution in [0.5, 0.6) is 0 Å². The van der Waals surface area contributed by atoms with Gasteiger partial charge in [0.25, 0.3) is 0 Å². The van der Waals surface area contributed by atoms with E-state index in [1.54, 1.807) is 0 Å². The predicted octanol–water partition coefficient (Wildman–Crippen LogP) is 4.07. The molecule has 1 heterocycles. The standard InChI is InChI=1S/C10H15IO/c1-7(2)8-5-6-9(12-8)10(3,4)11/h5-7H,1-4H3. The van der Waals surface area contributed by atoms with E-state index in [2.05, 4.69) is 62.4 Å². The van der Waals surface area contributed by atoms with Crippen LogP contribution in [0.4, 0.5) is 0 Å². The molecule has 0 radical (unpaired) electrons. The molecule has 1 rings (SSSR count). The molecule has 0 spiro atoms. The largest absolute Gasteiger partial charge is 0.464 e. The highest BCUT2D eigenvalue weighted by Gasteiger charge is 2.20. The molecule has 1 aromatic heterocycles. The molecule has 0 aromatic carbocycles. The van der Waals surface area contributed by atoms with Crippen LogP contribution in [0.1, 0.15) is 45.1 Å². The van der Waals surface area contributed by atoms with E-state index < -0.39 is 0 Å². The highest BCUT2D eigenvalue weighted by molar-refractivity contribution is 14.1. The zero-order chi connectivity index (χ0) is 9.35. The van der Waals surface area contributed by atoms with Gasteiger partial charge in [0, 0.05) is 5.92 Å². The maximum Gasteiger partial charge on any atom is 0.119 e. The van der Waals surface area contributed by atoms with Gasteiger partial charge in [-0.3, -0.25) is 0 Å². The molecule has 12 heavy (non-hydrogen) atoms. The Labute approximate surface area is 87.7 Å². The Kier molecular flexibility index (Phi) is 2.86. The van der Waals surface area contributed by atoms with Crippen LogP contribution in [0.3, 0.4) is 0 Å². The minimum absolute atomic E-state index is 0.102. The molecular weight excluding hydrogens is 263 g/mol. The van der Waals surface area contributed by atoms with Crippen molar-refractivity contribution >= 4 is 22.6 Å². The highest BCUT2D eigenvalue weighted by Crippen LogP contribution is 2.33. The van der Waals surface area contributed by atoms with Crippen LogP contribution >= 0.6 is 22.6 Å². The summed E-state index contributed by atoms with van der Waals surface area (Å²) in [6.07, 6.45) is 0. The van der Waals surface area contributed by atoms with E-state index >= 15 is 0 Å². The fraction of sp³-hybridized carbons (Fsp3) is 0.600. The normalized spacial score (nSPS) is 12.5. The Hall–Kier alpha value is 0.01000. The second-order valence-electron chi connectivity index (χ2n) is 3.83. The Bertz CT molecular complexity index is 255. The molecule has 0 aliphatic rings. The molecule has 1 aromatic rings. The van der Waals surface area contributed by atoms with Gasteiger partial charge in [0.05, 0.1) is 3.42 Å². The molecule has 0 atom stereocenters. The molecule has 0 unspecified atom stereocenters. The van der Waals surface area contributed by atoms with Crippen molar-refractivity contribution in [1.29, 1.82) is 0 Å². The third-order valence-corrected chi connectivity index (χ3v) is 2.31. The third kappa shape index (κ3) is 2.25. The Morgan fingerprint density at radius 3 is 2.17 bits per heavy atom. The second-order valence-corrected chi connectivity index (χ2v) is 6.53. The fourth-order valence-corrected chi connectivity index (χ4v) is 1.27. The number of furan rings is 1. The lowest BCUT2D eigenvalue weighted by Crippen LogP contribution is -2.03. The molecule has 0 N–H and O–H groups in total. The lowest BCUT2D eigenvalue weighted by molar-refractivity contribution is 0.426. The number of halogens is 1. The van der Waals surface area contributed by atoms with Crippen LogP contribution in [0, 0.1) is 0 Å². The summed E-state index contributed by atoms with van der Waals surface area (Å²) in [5, 5.41) is 0. The molecule has 0 saturated heterocycles. The summed E-state index contributed by atoms with van der Waals surface area (Å²) in [4.78, 5) is 0. The molecule has 0 bridgehead atoms. The molecular formula is C10H15IO. The third-order valence-electron chi connectivity index (χ3n) is 1.78. The van der Waals surface area contributed by atoms with E-state index in [1.807, 2.05) is 0 Å². The average molecular weight is 278 g/mol. The minimum atomic E-state index is 0.102. The van der Waals surface area contributed by atoms with Gasteiger partial charge in [0.15, 0.2) is 0 Å². The lowest BCUT2D eigenvalue weighted by Gasteiger charge is -2.12. The molecule has 0 amide bonds. The minimum Gasteiger partial charge on any atom is -0.464 e. The summed E-state index contributed by atoms with van der Waals surface area (Å²) in [5.41, 5.74) is 0. The van der Waals surface area contributed by atoms with E-state index in [9.17, 15) is 0 Å². The van der Waals surface area contributed by atoms with Crippen molar-refractivity contribution < 1.29 is 4.42 Å². The van der Waals surface area contributed by atoms with E-state index in [0.29, 0.717) is 5.92 Å². The molecule has 0 fully saturated rings. The molecule has 2 heteroatoms. The van der Waals surface area contributed by atoms with Crippen molar-refractivity contribution in [2.45, 2.75) is 37.0 Å². The van der Waals surface area contributed by atoms with Gasteiger partial charge in [-0.05, 0) is 26.0 Å². The van der Waals surface area contributed by atoms with Crippen LogP contribution in [0.15, 0.2) is 16.5 Å². The van der Waals surface area contributed by atoms with E-state index in [4.69, 9.17) is 4.42 Å². The Morgan fingerprint density at radius 1 is 1.33 bits per heavy atom. The van der Waals surface area contributed by atoms with Gasteiger partial charge in [0.1, 0.15) is 11.5 Å². The van der Waals surface area contributed by atoms with Crippen molar-refractivity contribution in [3.8, 4) is 0 Å². The summed E-state index contributed by atoms with van der Waals surface area (Å²) in [7, 11) is 0. The monoisotopic (exact) mass is 278 g/mol. The molecule has 0 aliphatic heterocycles. The van der Waals surface area contributed by atoms with Gasteiger partial charge < -0.3 is 4.42 Å². The molecule has 0 saturated carbocycles. The van der Waals surface area contributed by atoms with Crippen molar-refractivity contribution in [3.05, 3.63) is 23.7 Å². The molecule has 0 aliphatic carbocycles. The van der Waals surface area contributed by atoms with Crippen LogP contribution in [-0.2, 0) is 3.42 Å². The van der Waals surface area contributed by atoms with Crippen LogP contribution in [-0.4, -0.2) is 0 Å². The quantitative estimate of drug-likeness (QED) is 0.587. The topological polar surface area (TPSA) is 13.1 Å². The van der Waals surface area contributed by atoms with Crippen molar-refractivity contribution in [2.75, 3.05) is 0 Å². The van der Waals surface area contributed by atoms with Gasteiger partial charge in [0.2, 0.25) is 0 Å². The van der Waals surface area contributed by atoms with Gasteiger partial charge in [-0.15, -0.1) is 0 Å². The van der Waals surface area contributed by atoms with Crippen molar-refractivity contribution in [1.82, 2.24) is 0 Å². The zero-order valence-corrected chi connectivity index (χ0v) is 10.2. The summed E-state index contributed by atoms with van der Waals surface area (Å²) >= 11 is 2.39. The van der Waals surface area contributed by atoms with Crippen LogP contribution < -0.4 is 0 Å². The van der Waals surface area contributed by atoms with Crippen molar-refractivity contribution in [3.63, 3.8) is 0 Å². The van der Waals surface area contributed by atoms with Gasteiger partial charge in [-0.2, -0.15) is 0 Å². The van der Waals surface area contributed by atoms with Crippen molar-refractivity contribution in [2.24, 2.45) is 0 Å². The van der Waals surface area contributed by atoms with Crippen LogP contribution in [0.25, 0.3) is 0 Å². The van der Waals surface area contributed by atoms with E-state index in [0.717, 1.165) is 11.5 Å². The lowest BCUT2D eigenvalue weighted by atomic mass is 10.1. The first-order valence-electron chi connectivity index (χ1n) is 4.20. The van der Waals surface area contributed by atoms with Crippen LogP contribution in [0.2, 0.25) is 0 Å². The summed E-state index contributed by atoms with van der Waals surface area (Å²) in [6, 6.07) is 4.14. The maximum atomic E-state index is 5.70. The zero-order valence-electron chi connectivity index (χ0n) is 8.02. The SMILES string of the molecule is CC(C)c1ccc(C(C)(C)I)o1. The maximum absolute atomic E-state index is 5.70. The summed E-state index contributed by atoms with van der Waals surface area (Å²) in [5.74, 6) is 2.62. The molecule has 1 nitrogen and oxygen atoms in total. The smallest absolute Gasteiger partial charge is 0.119 e. The number of alkyl halides is 1. The first-order chi connectivity index (χ1) is 5.41. The number of hydrogen-bond acceptors (Lipinski definition) is 1. The number of hydrogen-bond donors (Lipinski definition) is 0. The first-order valence-corrected chi connectivity index (χ1v) is 5.28. The Balaban J connectivity index is 2.92. The van der Waals surface area contributed by atoms with E-state index in [-0.39, 0.29) is 3.42 Å². The Morgan fingerprint density at radius 2 is 1.92 bits per heavy atom. The first kappa shape index (κ1) is 10.1. The second kappa shape index (κ2) is 3.40. The molecule has 68 valence electrons. The highest BCUT2D eigenvalue weighted by atomic mass is 127. The number of rotatable bonds is 2.